The first-order valence-corrected chi connectivity index (χ1v) is 5.17. The molecule has 1 atom stereocenters. The third-order valence-electron chi connectivity index (χ3n) is 2.47. The molecule has 1 aromatic rings. The summed E-state index contributed by atoms with van der Waals surface area (Å²) in [5.41, 5.74) is 0.768. The molecule has 84 valence electrons. The fourth-order valence-electron chi connectivity index (χ4n) is 1.68. The highest BCUT2D eigenvalue weighted by Gasteiger charge is 2.13. The number of nitrogens with one attached hydrogen (secondary N) is 1. The Labute approximate surface area is 90.4 Å². The van der Waals surface area contributed by atoms with Crippen LogP contribution in [0, 0.1) is 5.82 Å². The Morgan fingerprint density at radius 3 is 2.73 bits per heavy atom. The normalized spacial score (nSPS) is 12.7. The van der Waals surface area contributed by atoms with Gasteiger partial charge >= 0.3 is 0 Å². The van der Waals surface area contributed by atoms with Crippen molar-refractivity contribution in [2.75, 3.05) is 27.3 Å². The summed E-state index contributed by atoms with van der Waals surface area (Å²) in [7, 11) is 3.54. The van der Waals surface area contributed by atoms with Crippen molar-refractivity contribution in [3.05, 3.63) is 35.6 Å². The molecule has 0 aliphatic carbocycles. The predicted octanol–water partition coefficient (Wildman–Crippen LogP) is 2.17. The second-order valence-electron chi connectivity index (χ2n) is 3.56. The minimum absolute atomic E-state index is 0.131. The molecule has 1 N–H and O–H groups in total. The third kappa shape index (κ3) is 3.61. The maximum atomic E-state index is 13.5. The smallest absolute Gasteiger partial charge is 0.126 e. The van der Waals surface area contributed by atoms with Crippen LogP contribution in [0.5, 0.6) is 0 Å². The molecule has 0 radical (unpaired) electrons. The van der Waals surface area contributed by atoms with E-state index in [-0.39, 0.29) is 11.7 Å². The Hall–Kier alpha value is -0.930. The summed E-state index contributed by atoms with van der Waals surface area (Å²) in [6.45, 7) is 1.42. The van der Waals surface area contributed by atoms with Crippen LogP contribution in [0.3, 0.4) is 0 Å². The van der Waals surface area contributed by atoms with Gasteiger partial charge in [-0.3, -0.25) is 0 Å². The molecule has 3 heteroatoms. The highest BCUT2D eigenvalue weighted by atomic mass is 19.1. The molecule has 0 fully saturated rings. The molecule has 0 saturated carbocycles. The van der Waals surface area contributed by atoms with E-state index in [0.717, 1.165) is 18.5 Å². The van der Waals surface area contributed by atoms with E-state index < -0.39 is 0 Å². The van der Waals surface area contributed by atoms with E-state index >= 15 is 0 Å². The van der Waals surface area contributed by atoms with Gasteiger partial charge in [0.05, 0.1) is 0 Å². The summed E-state index contributed by atoms with van der Waals surface area (Å²) in [5.74, 6) is 0.0463. The van der Waals surface area contributed by atoms with Gasteiger partial charge in [0.2, 0.25) is 0 Å². The minimum atomic E-state index is -0.131. The van der Waals surface area contributed by atoms with Gasteiger partial charge < -0.3 is 10.1 Å². The van der Waals surface area contributed by atoms with Gasteiger partial charge in [-0.05, 0) is 25.1 Å². The Morgan fingerprint density at radius 1 is 1.40 bits per heavy atom. The largest absolute Gasteiger partial charge is 0.385 e. The van der Waals surface area contributed by atoms with E-state index in [9.17, 15) is 4.39 Å². The molecule has 1 rings (SSSR count). The van der Waals surface area contributed by atoms with E-state index in [1.54, 1.807) is 13.2 Å². The van der Waals surface area contributed by atoms with Gasteiger partial charge in [0.15, 0.2) is 0 Å². The molecule has 0 bridgehead atoms. The van der Waals surface area contributed by atoms with E-state index in [0.29, 0.717) is 6.61 Å². The van der Waals surface area contributed by atoms with Gasteiger partial charge in [0, 0.05) is 26.2 Å². The van der Waals surface area contributed by atoms with Crippen LogP contribution in [0.25, 0.3) is 0 Å². The summed E-state index contributed by atoms with van der Waals surface area (Å²) < 4.78 is 18.6. The lowest BCUT2D eigenvalue weighted by atomic mass is 9.95. The van der Waals surface area contributed by atoms with Crippen molar-refractivity contribution >= 4 is 0 Å². The fourth-order valence-corrected chi connectivity index (χ4v) is 1.68. The Bertz CT molecular complexity index is 291. The van der Waals surface area contributed by atoms with Crippen molar-refractivity contribution in [1.29, 1.82) is 0 Å². The Balaban J connectivity index is 2.74. The van der Waals surface area contributed by atoms with Crippen molar-refractivity contribution in [1.82, 2.24) is 5.32 Å². The van der Waals surface area contributed by atoms with Crippen LogP contribution in [-0.4, -0.2) is 27.3 Å². The van der Waals surface area contributed by atoms with Gasteiger partial charge in [0.25, 0.3) is 0 Å². The number of hydrogen-bond donors (Lipinski definition) is 1. The van der Waals surface area contributed by atoms with Crippen LogP contribution < -0.4 is 5.32 Å². The molecule has 0 aliphatic heterocycles. The summed E-state index contributed by atoms with van der Waals surface area (Å²) in [6.07, 6.45) is 0.832. The van der Waals surface area contributed by atoms with E-state index in [2.05, 4.69) is 5.32 Å². The zero-order chi connectivity index (χ0) is 11.1. The first-order valence-electron chi connectivity index (χ1n) is 5.17. The Morgan fingerprint density at radius 2 is 2.13 bits per heavy atom. The fraction of sp³-hybridized carbons (Fsp3) is 0.500. The summed E-state index contributed by atoms with van der Waals surface area (Å²) in [4.78, 5) is 0. The zero-order valence-corrected chi connectivity index (χ0v) is 9.29. The van der Waals surface area contributed by atoms with Gasteiger partial charge in [-0.15, -0.1) is 0 Å². The number of ether oxygens (including phenoxy) is 1. The maximum absolute atomic E-state index is 13.5. The lowest BCUT2D eigenvalue weighted by Crippen LogP contribution is -2.19. The number of rotatable bonds is 6. The molecule has 0 spiro atoms. The summed E-state index contributed by atoms with van der Waals surface area (Å²) in [6, 6.07) is 6.93. The van der Waals surface area contributed by atoms with Gasteiger partial charge in [0.1, 0.15) is 5.82 Å². The molecule has 15 heavy (non-hydrogen) atoms. The molecule has 1 aromatic carbocycles. The number of hydrogen-bond acceptors (Lipinski definition) is 2. The van der Waals surface area contributed by atoms with Crippen molar-refractivity contribution in [3.8, 4) is 0 Å². The van der Waals surface area contributed by atoms with Gasteiger partial charge in [-0.1, -0.05) is 18.2 Å². The van der Waals surface area contributed by atoms with Crippen LogP contribution >= 0.6 is 0 Å². The van der Waals surface area contributed by atoms with Gasteiger partial charge in [-0.25, -0.2) is 4.39 Å². The maximum Gasteiger partial charge on any atom is 0.126 e. The number of likely N-dealkylation sites (N-methyl/N-ethyl adjacent to an activating group) is 1. The molecule has 0 amide bonds. The molecule has 1 unspecified atom stereocenters. The van der Waals surface area contributed by atoms with Gasteiger partial charge in [-0.2, -0.15) is 0 Å². The molecule has 0 heterocycles. The number of halogens is 1. The number of methoxy groups -OCH3 is 1. The SMILES string of the molecule is CNCC(CCOC)c1ccccc1F. The standard InChI is InChI=1S/C12H18FNO/c1-14-9-10(7-8-15-2)11-5-3-4-6-12(11)13/h3-6,10,14H,7-9H2,1-2H3. The molecule has 2 nitrogen and oxygen atoms in total. The van der Waals surface area contributed by atoms with Crippen molar-refractivity contribution in [2.45, 2.75) is 12.3 Å². The first kappa shape index (κ1) is 12.1. The summed E-state index contributed by atoms with van der Waals surface area (Å²) >= 11 is 0. The van der Waals surface area contributed by atoms with Crippen LogP contribution in [0.2, 0.25) is 0 Å². The zero-order valence-electron chi connectivity index (χ0n) is 9.29. The topological polar surface area (TPSA) is 21.3 Å². The molecule has 0 aromatic heterocycles. The van der Waals surface area contributed by atoms with Crippen molar-refractivity contribution in [2.24, 2.45) is 0 Å². The highest BCUT2D eigenvalue weighted by molar-refractivity contribution is 5.22. The lowest BCUT2D eigenvalue weighted by molar-refractivity contribution is 0.187. The van der Waals surface area contributed by atoms with E-state index in [1.165, 1.54) is 6.07 Å². The predicted molar refractivity (Wildman–Crippen MR) is 59.6 cm³/mol. The van der Waals surface area contributed by atoms with E-state index in [4.69, 9.17) is 4.74 Å². The molecular weight excluding hydrogens is 193 g/mol. The van der Waals surface area contributed by atoms with Crippen molar-refractivity contribution in [3.63, 3.8) is 0 Å². The Kier molecular flexibility index (Phi) is 5.29. The quantitative estimate of drug-likeness (QED) is 0.778. The average Bonchev–Trinajstić information content (AvgIpc) is 2.25. The van der Waals surface area contributed by atoms with Crippen LogP contribution in [0.1, 0.15) is 17.9 Å². The van der Waals surface area contributed by atoms with Crippen LogP contribution in [0.15, 0.2) is 24.3 Å². The lowest BCUT2D eigenvalue weighted by Gasteiger charge is -2.17. The van der Waals surface area contributed by atoms with E-state index in [1.807, 2.05) is 19.2 Å². The average molecular weight is 211 g/mol. The first-order chi connectivity index (χ1) is 7.29. The monoisotopic (exact) mass is 211 g/mol. The highest BCUT2D eigenvalue weighted by Crippen LogP contribution is 2.21. The van der Waals surface area contributed by atoms with Crippen molar-refractivity contribution < 1.29 is 9.13 Å². The number of benzene rings is 1. The summed E-state index contributed by atoms with van der Waals surface area (Å²) in [5, 5.41) is 3.08. The molecular formula is C12H18FNO. The third-order valence-corrected chi connectivity index (χ3v) is 2.47. The van der Waals surface area contributed by atoms with Crippen LogP contribution in [0.4, 0.5) is 4.39 Å². The second kappa shape index (κ2) is 6.53. The molecule has 0 saturated heterocycles. The molecule has 0 aliphatic rings. The van der Waals surface area contributed by atoms with Crippen LogP contribution in [-0.2, 0) is 4.74 Å². The second-order valence-corrected chi connectivity index (χ2v) is 3.56. The minimum Gasteiger partial charge on any atom is -0.385 e.